The first-order valence-electron chi connectivity index (χ1n) is 12.1. The molecule has 3 heterocycles. The van der Waals surface area contributed by atoms with Gasteiger partial charge in [0.2, 0.25) is 0 Å². The van der Waals surface area contributed by atoms with Crippen molar-refractivity contribution in [1.29, 1.82) is 0 Å². The maximum Gasteiger partial charge on any atom is 0.0724 e. The Morgan fingerprint density at radius 1 is 0.556 bits per heavy atom. The van der Waals surface area contributed by atoms with Crippen LogP contribution in [0, 0.1) is 0 Å². The van der Waals surface area contributed by atoms with Crippen LogP contribution < -0.4 is 0 Å². The minimum Gasteiger partial charge on any atom is -0.307 e. The summed E-state index contributed by atoms with van der Waals surface area (Å²) in [6, 6.07) is 39.7. The Balaban J connectivity index is 1.40. The van der Waals surface area contributed by atoms with Crippen LogP contribution in [0.2, 0.25) is 0 Å². The summed E-state index contributed by atoms with van der Waals surface area (Å²) < 4.78 is 5.04. The number of hydrogen-bond acceptors (Lipinski definition) is 2. The second-order valence-electron chi connectivity index (χ2n) is 9.27. The largest absolute Gasteiger partial charge is 0.307 e. The Hall–Kier alpha value is -4.47. The normalized spacial score (nSPS) is 11.9. The Morgan fingerprint density at radius 2 is 1.39 bits per heavy atom. The SMILES string of the molecule is c1cc(-c2ccc3sc4ccccc4c3c2)cc(-n2c3cnccc3c3ccc4ccccc4c32)c1. The third kappa shape index (κ3) is 2.81. The first-order chi connectivity index (χ1) is 17.8. The molecule has 0 saturated heterocycles. The van der Waals surface area contributed by atoms with Crippen LogP contribution in [-0.2, 0) is 0 Å². The molecular formula is C33H20N2S. The molecular weight excluding hydrogens is 456 g/mol. The highest BCUT2D eigenvalue weighted by Gasteiger charge is 2.15. The summed E-state index contributed by atoms with van der Waals surface area (Å²) in [5.41, 5.74) is 5.94. The van der Waals surface area contributed by atoms with Crippen LogP contribution in [0.1, 0.15) is 0 Å². The van der Waals surface area contributed by atoms with E-state index in [4.69, 9.17) is 0 Å². The molecule has 3 aromatic heterocycles. The van der Waals surface area contributed by atoms with Gasteiger partial charge < -0.3 is 4.57 Å². The fourth-order valence-electron chi connectivity index (χ4n) is 5.62. The number of fused-ring (bicyclic) bond motifs is 8. The first-order valence-corrected chi connectivity index (χ1v) is 12.9. The molecule has 8 rings (SSSR count). The molecule has 8 aromatic rings. The van der Waals surface area contributed by atoms with Crippen molar-refractivity contribution in [2.45, 2.75) is 0 Å². The maximum absolute atomic E-state index is 4.49. The highest BCUT2D eigenvalue weighted by Crippen LogP contribution is 2.39. The molecule has 0 aliphatic carbocycles. The molecule has 2 nitrogen and oxygen atoms in total. The Kier molecular flexibility index (Phi) is 4.13. The lowest BCUT2D eigenvalue weighted by Crippen LogP contribution is -1.95. The third-order valence-corrected chi connectivity index (χ3v) is 8.42. The Labute approximate surface area is 211 Å². The van der Waals surface area contributed by atoms with Crippen molar-refractivity contribution in [2.75, 3.05) is 0 Å². The van der Waals surface area contributed by atoms with Crippen LogP contribution in [0.25, 0.3) is 69.6 Å². The molecule has 5 aromatic carbocycles. The number of benzene rings is 5. The van der Waals surface area contributed by atoms with Gasteiger partial charge in [-0.15, -0.1) is 11.3 Å². The minimum absolute atomic E-state index is 1.13. The molecule has 0 unspecified atom stereocenters. The van der Waals surface area contributed by atoms with Crippen molar-refractivity contribution < 1.29 is 0 Å². The molecule has 0 atom stereocenters. The van der Waals surface area contributed by atoms with Crippen molar-refractivity contribution in [2.24, 2.45) is 0 Å². The van der Waals surface area contributed by atoms with Crippen LogP contribution in [-0.4, -0.2) is 9.55 Å². The molecule has 36 heavy (non-hydrogen) atoms. The number of hydrogen-bond donors (Lipinski definition) is 0. The van der Waals surface area contributed by atoms with Gasteiger partial charge in [0.15, 0.2) is 0 Å². The molecule has 0 aliphatic rings. The number of aromatic nitrogens is 2. The van der Waals surface area contributed by atoms with E-state index in [1.54, 1.807) is 0 Å². The molecule has 0 saturated carbocycles. The summed E-state index contributed by atoms with van der Waals surface area (Å²) in [4.78, 5) is 4.49. The number of nitrogens with zero attached hydrogens (tertiary/aromatic N) is 2. The van der Waals surface area contributed by atoms with E-state index in [2.05, 4.69) is 119 Å². The standard InChI is InChI=1S/C33H20N2S/c1-2-9-25-21(6-1)12-14-28-26-16-17-34-20-30(26)35(33(25)28)24-8-5-7-22(18-24)23-13-15-32-29(19-23)27-10-3-4-11-31(27)36-32/h1-20H. The van der Waals surface area contributed by atoms with Gasteiger partial charge in [-0.25, -0.2) is 0 Å². The first kappa shape index (κ1) is 19.8. The van der Waals surface area contributed by atoms with Crippen LogP contribution >= 0.6 is 11.3 Å². The van der Waals surface area contributed by atoms with E-state index in [1.165, 1.54) is 58.4 Å². The van der Waals surface area contributed by atoms with E-state index in [0.29, 0.717) is 0 Å². The molecule has 0 bridgehead atoms. The summed E-state index contributed by atoms with van der Waals surface area (Å²) in [5, 5.41) is 7.63. The van der Waals surface area contributed by atoms with Gasteiger partial charge >= 0.3 is 0 Å². The molecule has 0 fully saturated rings. The van der Waals surface area contributed by atoms with Gasteiger partial charge in [-0.3, -0.25) is 4.98 Å². The minimum atomic E-state index is 1.13. The van der Waals surface area contributed by atoms with Crippen LogP contribution in [0.3, 0.4) is 0 Å². The molecule has 0 aliphatic heterocycles. The summed E-state index contributed by atoms with van der Waals surface area (Å²) in [5.74, 6) is 0. The lowest BCUT2D eigenvalue weighted by molar-refractivity contribution is 1.17. The van der Waals surface area contributed by atoms with E-state index in [-0.39, 0.29) is 0 Å². The average molecular weight is 477 g/mol. The summed E-state index contributed by atoms with van der Waals surface area (Å²) >= 11 is 1.86. The zero-order valence-electron chi connectivity index (χ0n) is 19.3. The monoisotopic (exact) mass is 476 g/mol. The Bertz CT molecular complexity index is 2110. The van der Waals surface area contributed by atoms with Gasteiger partial charge in [0.25, 0.3) is 0 Å². The van der Waals surface area contributed by atoms with E-state index >= 15 is 0 Å². The van der Waals surface area contributed by atoms with Crippen molar-refractivity contribution in [1.82, 2.24) is 9.55 Å². The lowest BCUT2D eigenvalue weighted by Gasteiger charge is -2.12. The van der Waals surface area contributed by atoms with E-state index < -0.39 is 0 Å². The van der Waals surface area contributed by atoms with Gasteiger partial charge in [-0.2, -0.15) is 0 Å². The van der Waals surface area contributed by atoms with Crippen molar-refractivity contribution in [3.8, 4) is 16.8 Å². The predicted octanol–water partition coefficient (Wildman–Crippen LogP) is 9.37. The summed E-state index contributed by atoms with van der Waals surface area (Å²) in [7, 11) is 0. The maximum atomic E-state index is 4.49. The number of rotatable bonds is 2. The quantitative estimate of drug-likeness (QED) is 0.243. The number of pyridine rings is 1. The Morgan fingerprint density at radius 3 is 2.36 bits per heavy atom. The van der Waals surface area contributed by atoms with Gasteiger partial charge in [-0.05, 0) is 52.9 Å². The van der Waals surface area contributed by atoms with Crippen molar-refractivity contribution in [3.63, 3.8) is 0 Å². The van der Waals surface area contributed by atoms with E-state index in [9.17, 15) is 0 Å². The fourth-order valence-corrected chi connectivity index (χ4v) is 6.71. The van der Waals surface area contributed by atoms with E-state index in [0.717, 1.165) is 11.2 Å². The predicted molar refractivity (Wildman–Crippen MR) is 154 cm³/mol. The molecule has 168 valence electrons. The molecule has 0 N–H and O–H groups in total. The van der Waals surface area contributed by atoms with Crippen molar-refractivity contribution >= 4 is 64.1 Å². The second kappa shape index (κ2) is 7.51. The van der Waals surface area contributed by atoms with Crippen molar-refractivity contribution in [3.05, 3.63) is 122 Å². The average Bonchev–Trinajstić information content (AvgIpc) is 3.49. The van der Waals surface area contributed by atoms with Crippen LogP contribution in [0.5, 0.6) is 0 Å². The zero-order valence-corrected chi connectivity index (χ0v) is 20.2. The van der Waals surface area contributed by atoms with Gasteiger partial charge in [0.1, 0.15) is 0 Å². The molecule has 0 radical (unpaired) electrons. The topological polar surface area (TPSA) is 17.8 Å². The summed E-state index contributed by atoms with van der Waals surface area (Å²) in [6.07, 6.45) is 3.87. The highest BCUT2D eigenvalue weighted by atomic mass is 32.1. The zero-order chi connectivity index (χ0) is 23.6. The van der Waals surface area contributed by atoms with Crippen LogP contribution in [0.4, 0.5) is 0 Å². The smallest absolute Gasteiger partial charge is 0.0724 e. The van der Waals surface area contributed by atoms with Gasteiger partial charge in [0.05, 0.1) is 17.2 Å². The van der Waals surface area contributed by atoms with Gasteiger partial charge in [0, 0.05) is 48.2 Å². The molecule has 3 heteroatoms. The van der Waals surface area contributed by atoms with Crippen LogP contribution in [0.15, 0.2) is 122 Å². The summed E-state index contributed by atoms with van der Waals surface area (Å²) in [6.45, 7) is 0. The fraction of sp³-hybridized carbons (Fsp3) is 0. The van der Waals surface area contributed by atoms with E-state index in [1.807, 2.05) is 23.7 Å². The third-order valence-electron chi connectivity index (χ3n) is 7.27. The second-order valence-corrected chi connectivity index (χ2v) is 10.4. The molecule has 0 spiro atoms. The lowest BCUT2D eigenvalue weighted by atomic mass is 10.0. The highest BCUT2D eigenvalue weighted by molar-refractivity contribution is 7.25. The molecule has 0 amide bonds. The van der Waals surface area contributed by atoms with Gasteiger partial charge in [-0.1, -0.05) is 72.8 Å². The number of thiophene rings is 1.